The van der Waals surface area contributed by atoms with Gasteiger partial charge in [-0.25, -0.2) is 0 Å². The maximum Gasteiger partial charge on any atom is 0.445 e. The van der Waals surface area contributed by atoms with E-state index in [0.29, 0.717) is 16.3 Å². The maximum atomic E-state index is 12.5. The van der Waals surface area contributed by atoms with Crippen LogP contribution in [0.2, 0.25) is 0 Å². The van der Waals surface area contributed by atoms with E-state index in [9.17, 15) is 13.2 Å². The number of nitrogens with zero attached hydrogens (tertiary/aromatic N) is 2. The van der Waals surface area contributed by atoms with Crippen LogP contribution < -0.4 is 5.32 Å². The van der Waals surface area contributed by atoms with Gasteiger partial charge in [-0.05, 0) is 12.6 Å². The van der Waals surface area contributed by atoms with E-state index >= 15 is 0 Å². The second-order valence-corrected chi connectivity index (χ2v) is 4.58. The predicted octanol–water partition coefficient (Wildman–Crippen LogP) is 2.87. The average molecular weight is 273 g/mol. The molecule has 0 aliphatic heterocycles. The van der Waals surface area contributed by atoms with Crippen molar-refractivity contribution in [3.63, 3.8) is 0 Å². The summed E-state index contributed by atoms with van der Waals surface area (Å²) in [4.78, 5) is 0. The van der Waals surface area contributed by atoms with Crippen LogP contribution in [0.3, 0.4) is 0 Å². The largest absolute Gasteiger partial charge is 0.445 e. The zero-order valence-corrected chi connectivity index (χ0v) is 10.2. The van der Waals surface area contributed by atoms with Crippen molar-refractivity contribution in [2.24, 2.45) is 0 Å². The van der Waals surface area contributed by atoms with Crippen molar-refractivity contribution in [3.05, 3.63) is 45.9 Å². The molecule has 0 bridgehead atoms. The Balaban J connectivity index is 2.32. The molecule has 7 heteroatoms. The first-order valence-corrected chi connectivity index (χ1v) is 5.97. The molecule has 0 aliphatic carbocycles. The van der Waals surface area contributed by atoms with Crippen LogP contribution in [0.5, 0.6) is 0 Å². The van der Waals surface area contributed by atoms with Gasteiger partial charge in [-0.3, -0.25) is 0 Å². The number of nitrogens with one attached hydrogen (secondary N) is 1. The first-order chi connectivity index (χ1) is 8.52. The maximum absolute atomic E-state index is 12.5. The monoisotopic (exact) mass is 273 g/mol. The summed E-state index contributed by atoms with van der Waals surface area (Å²) < 4.78 is 37.4. The lowest BCUT2D eigenvalue weighted by atomic mass is 10.1. The molecule has 0 radical (unpaired) electrons. The summed E-state index contributed by atoms with van der Waals surface area (Å²) >= 11 is 0.558. The molecule has 1 heterocycles. The number of halogens is 3. The van der Waals surface area contributed by atoms with E-state index in [4.69, 9.17) is 0 Å². The lowest BCUT2D eigenvalue weighted by Gasteiger charge is -2.12. The minimum absolute atomic E-state index is 0.302. The molecule has 3 nitrogen and oxygen atoms in total. The Morgan fingerprint density at radius 3 is 2.33 bits per heavy atom. The van der Waals surface area contributed by atoms with Crippen molar-refractivity contribution in [2.45, 2.75) is 12.2 Å². The summed E-state index contributed by atoms with van der Waals surface area (Å²) in [5.41, 5.74) is 0.852. The molecule has 0 saturated carbocycles. The number of rotatable bonds is 3. The van der Waals surface area contributed by atoms with Gasteiger partial charge in [0.25, 0.3) is 0 Å². The Labute approximate surface area is 106 Å². The third-order valence-electron chi connectivity index (χ3n) is 2.35. The fraction of sp³-hybridized carbons (Fsp3) is 0.273. The van der Waals surface area contributed by atoms with E-state index in [1.165, 1.54) is 0 Å². The predicted molar refractivity (Wildman–Crippen MR) is 62.3 cm³/mol. The third kappa shape index (κ3) is 2.68. The normalized spacial score (nSPS) is 13.6. The smallest absolute Gasteiger partial charge is 0.307 e. The summed E-state index contributed by atoms with van der Waals surface area (Å²) in [5, 5.41) is 9.12. The summed E-state index contributed by atoms with van der Waals surface area (Å²) in [7, 11) is 1.67. The summed E-state index contributed by atoms with van der Waals surface area (Å²) in [6.07, 6.45) is -4.44. The fourth-order valence-electron chi connectivity index (χ4n) is 1.54. The molecule has 0 aliphatic rings. The van der Waals surface area contributed by atoms with Gasteiger partial charge in [0.2, 0.25) is 5.01 Å². The molecule has 0 spiro atoms. The van der Waals surface area contributed by atoms with Gasteiger partial charge in [0.15, 0.2) is 0 Å². The van der Waals surface area contributed by atoms with Crippen LogP contribution in [0.15, 0.2) is 30.3 Å². The lowest BCUT2D eigenvalue weighted by Crippen LogP contribution is -2.17. The van der Waals surface area contributed by atoms with Crippen LogP contribution in [0.1, 0.15) is 21.6 Å². The van der Waals surface area contributed by atoms with Crippen LogP contribution in [-0.2, 0) is 6.18 Å². The molecule has 0 fully saturated rings. The van der Waals surface area contributed by atoms with E-state index in [-0.39, 0.29) is 6.04 Å². The van der Waals surface area contributed by atoms with E-state index < -0.39 is 11.2 Å². The van der Waals surface area contributed by atoms with Crippen molar-refractivity contribution in [1.82, 2.24) is 15.5 Å². The molecule has 1 aromatic heterocycles. The third-order valence-corrected chi connectivity index (χ3v) is 3.38. The SMILES string of the molecule is CNC(c1ccccc1)c1nnc(C(F)(F)F)s1. The number of alkyl halides is 3. The van der Waals surface area contributed by atoms with Gasteiger partial charge in [0.1, 0.15) is 5.01 Å². The minimum Gasteiger partial charge on any atom is -0.307 e. The Morgan fingerprint density at radius 2 is 1.83 bits per heavy atom. The van der Waals surface area contributed by atoms with Crippen LogP contribution in [0.4, 0.5) is 13.2 Å². The highest BCUT2D eigenvalue weighted by molar-refractivity contribution is 7.11. The van der Waals surface area contributed by atoms with Crippen LogP contribution in [0.25, 0.3) is 0 Å². The van der Waals surface area contributed by atoms with Crippen LogP contribution in [-0.4, -0.2) is 17.2 Å². The molecule has 0 saturated heterocycles. The summed E-state index contributed by atoms with van der Waals surface area (Å²) in [6.45, 7) is 0. The summed E-state index contributed by atoms with van der Waals surface area (Å²) in [6, 6.07) is 8.78. The molecule has 1 atom stereocenters. The van der Waals surface area contributed by atoms with E-state index in [1.54, 1.807) is 7.05 Å². The van der Waals surface area contributed by atoms with Gasteiger partial charge < -0.3 is 5.32 Å². The van der Waals surface area contributed by atoms with E-state index in [2.05, 4.69) is 15.5 Å². The van der Waals surface area contributed by atoms with Crippen molar-refractivity contribution >= 4 is 11.3 Å². The minimum atomic E-state index is -4.44. The highest BCUT2D eigenvalue weighted by atomic mass is 32.1. The molecule has 1 N–H and O–H groups in total. The topological polar surface area (TPSA) is 37.8 Å². The van der Waals surface area contributed by atoms with Gasteiger partial charge >= 0.3 is 6.18 Å². The Kier molecular flexibility index (Phi) is 3.63. The molecule has 0 amide bonds. The number of aromatic nitrogens is 2. The first-order valence-electron chi connectivity index (χ1n) is 5.15. The second-order valence-electron chi connectivity index (χ2n) is 3.58. The van der Waals surface area contributed by atoms with E-state index in [1.807, 2.05) is 30.3 Å². The molecule has 18 heavy (non-hydrogen) atoms. The molecule has 1 aromatic carbocycles. The first kappa shape index (κ1) is 13.0. The summed E-state index contributed by atoms with van der Waals surface area (Å²) in [5.74, 6) is 0. The standard InChI is InChI=1S/C11H10F3N3S/c1-15-8(7-5-3-2-4-6-7)9-16-17-10(18-9)11(12,13)14/h2-6,8,15H,1H3. The van der Waals surface area contributed by atoms with Crippen LogP contribution >= 0.6 is 11.3 Å². The highest BCUT2D eigenvalue weighted by Crippen LogP contribution is 2.34. The molecule has 2 aromatic rings. The molecular formula is C11H10F3N3S. The Bertz CT molecular complexity index is 510. The fourth-order valence-corrected chi connectivity index (χ4v) is 2.39. The van der Waals surface area contributed by atoms with Gasteiger partial charge in [-0.15, -0.1) is 10.2 Å². The van der Waals surface area contributed by atoms with Crippen molar-refractivity contribution in [1.29, 1.82) is 0 Å². The van der Waals surface area contributed by atoms with Crippen LogP contribution in [0, 0.1) is 0 Å². The van der Waals surface area contributed by atoms with Gasteiger partial charge in [-0.1, -0.05) is 41.7 Å². The number of hydrogen-bond donors (Lipinski definition) is 1. The Morgan fingerprint density at radius 1 is 1.17 bits per heavy atom. The molecule has 2 rings (SSSR count). The average Bonchev–Trinajstić information content (AvgIpc) is 2.81. The highest BCUT2D eigenvalue weighted by Gasteiger charge is 2.36. The zero-order chi connectivity index (χ0) is 13.2. The molecule has 96 valence electrons. The van der Waals surface area contributed by atoms with Crippen molar-refractivity contribution < 1.29 is 13.2 Å². The number of benzene rings is 1. The van der Waals surface area contributed by atoms with E-state index in [0.717, 1.165) is 5.56 Å². The lowest BCUT2D eigenvalue weighted by molar-refractivity contribution is -0.138. The van der Waals surface area contributed by atoms with Crippen molar-refractivity contribution in [3.8, 4) is 0 Å². The molecule has 1 unspecified atom stereocenters. The Hall–Kier alpha value is -1.47. The van der Waals surface area contributed by atoms with Gasteiger partial charge in [0.05, 0.1) is 6.04 Å². The van der Waals surface area contributed by atoms with Gasteiger partial charge in [0, 0.05) is 0 Å². The molecular weight excluding hydrogens is 263 g/mol. The number of hydrogen-bond acceptors (Lipinski definition) is 4. The second kappa shape index (κ2) is 5.03. The van der Waals surface area contributed by atoms with Gasteiger partial charge in [-0.2, -0.15) is 13.2 Å². The zero-order valence-electron chi connectivity index (χ0n) is 9.40. The van der Waals surface area contributed by atoms with Crippen molar-refractivity contribution in [2.75, 3.05) is 7.05 Å². The quantitative estimate of drug-likeness (QED) is 0.934.